The van der Waals surface area contributed by atoms with E-state index in [1.165, 1.54) is 6.07 Å². The Hall–Kier alpha value is -2.22. The van der Waals surface area contributed by atoms with Crippen molar-refractivity contribution in [3.8, 4) is 5.75 Å². The largest absolute Gasteiger partial charge is 0.491 e. The van der Waals surface area contributed by atoms with Crippen LogP contribution in [-0.4, -0.2) is 28.1 Å². The number of carboxylic acids is 1. The molecule has 0 bridgehead atoms. The van der Waals surface area contributed by atoms with Gasteiger partial charge in [0.25, 0.3) is 0 Å². The molecule has 1 aliphatic rings. The van der Waals surface area contributed by atoms with Crippen LogP contribution in [0.1, 0.15) is 12.8 Å². The van der Waals surface area contributed by atoms with Crippen molar-refractivity contribution in [2.75, 3.05) is 6.61 Å². The van der Waals surface area contributed by atoms with Gasteiger partial charge in [-0.05, 0) is 24.8 Å². The molecule has 2 rings (SSSR count). The number of nitro groups is 1. The highest BCUT2D eigenvalue weighted by molar-refractivity contribution is 5.79. The standard InChI is InChI=1S/C12H13FN2O5/c13-9-5-8(3-4-10(9)15(18)19)20-6-12(14,11(16)17)7-1-2-7/h3-5,7H,1-2,6,14H2,(H,16,17). The van der Waals surface area contributed by atoms with E-state index in [1.54, 1.807) is 0 Å². The molecule has 0 aliphatic heterocycles. The zero-order valence-corrected chi connectivity index (χ0v) is 10.4. The van der Waals surface area contributed by atoms with E-state index in [0.29, 0.717) is 12.8 Å². The number of hydrogen-bond donors (Lipinski definition) is 2. The second-order valence-corrected chi connectivity index (χ2v) is 4.78. The first-order chi connectivity index (χ1) is 9.34. The molecule has 1 unspecified atom stereocenters. The van der Waals surface area contributed by atoms with Gasteiger partial charge in [0.1, 0.15) is 12.4 Å². The van der Waals surface area contributed by atoms with Crippen LogP contribution in [0.2, 0.25) is 0 Å². The Bertz CT molecular complexity index is 561. The van der Waals surface area contributed by atoms with Crippen LogP contribution >= 0.6 is 0 Å². The Morgan fingerprint density at radius 2 is 2.25 bits per heavy atom. The van der Waals surface area contributed by atoms with Crippen molar-refractivity contribution in [2.45, 2.75) is 18.4 Å². The van der Waals surface area contributed by atoms with E-state index in [-0.39, 0.29) is 18.3 Å². The summed E-state index contributed by atoms with van der Waals surface area (Å²) in [6.07, 6.45) is 1.42. The second kappa shape index (κ2) is 5.04. The van der Waals surface area contributed by atoms with Crippen LogP contribution < -0.4 is 10.5 Å². The average molecular weight is 284 g/mol. The molecule has 0 amide bonds. The van der Waals surface area contributed by atoms with Crippen LogP contribution in [-0.2, 0) is 4.79 Å². The number of halogens is 1. The van der Waals surface area contributed by atoms with Crippen LogP contribution in [0.15, 0.2) is 18.2 Å². The van der Waals surface area contributed by atoms with Crippen LogP contribution in [0.4, 0.5) is 10.1 Å². The van der Waals surface area contributed by atoms with E-state index < -0.39 is 27.9 Å². The normalized spacial score (nSPS) is 17.3. The molecule has 0 spiro atoms. The Morgan fingerprint density at radius 3 is 2.70 bits per heavy atom. The molecule has 1 fully saturated rings. The predicted octanol–water partition coefficient (Wildman–Crippen LogP) is 1.30. The molecule has 108 valence electrons. The maximum absolute atomic E-state index is 13.4. The minimum absolute atomic E-state index is 0.00447. The first-order valence-corrected chi connectivity index (χ1v) is 5.93. The first-order valence-electron chi connectivity index (χ1n) is 5.93. The number of rotatable bonds is 6. The summed E-state index contributed by atoms with van der Waals surface area (Å²) in [7, 11) is 0. The van der Waals surface area contributed by atoms with E-state index in [9.17, 15) is 19.3 Å². The maximum atomic E-state index is 13.4. The monoisotopic (exact) mass is 284 g/mol. The smallest absolute Gasteiger partial charge is 0.327 e. The summed E-state index contributed by atoms with van der Waals surface area (Å²) in [6, 6.07) is 3.00. The molecule has 1 atom stereocenters. The molecule has 0 heterocycles. The summed E-state index contributed by atoms with van der Waals surface area (Å²) in [6.45, 7) is -0.315. The topological polar surface area (TPSA) is 116 Å². The SMILES string of the molecule is NC(COc1ccc([N+](=O)[O-])c(F)c1)(C(=O)O)C1CC1. The zero-order chi connectivity index (χ0) is 14.9. The van der Waals surface area contributed by atoms with E-state index >= 15 is 0 Å². The third kappa shape index (κ3) is 2.69. The summed E-state index contributed by atoms with van der Waals surface area (Å²) in [4.78, 5) is 20.8. The van der Waals surface area contributed by atoms with Crippen molar-refractivity contribution in [1.82, 2.24) is 0 Å². The van der Waals surface area contributed by atoms with Crippen LogP contribution in [0, 0.1) is 21.8 Å². The van der Waals surface area contributed by atoms with Gasteiger partial charge in [-0.1, -0.05) is 0 Å². The van der Waals surface area contributed by atoms with Crippen molar-refractivity contribution >= 4 is 11.7 Å². The molecule has 0 aromatic heterocycles. The number of hydrogen-bond acceptors (Lipinski definition) is 5. The molecule has 3 N–H and O–H groups in total. The average Bonchev–Trinajstić information content (AvgIpc) is 3.19. The van der Waals surface area contributed by atoms with Crippen LogP contribution in [0.25, 0.3) is 0 Å². The Morgan fingerprint density at radius 1 is 1.60 bits per heavy atom. The van der Waals surface area contributed by atoms with Crippen molar-refractivity contribution in [3.63, 3.8) is 0 Å². The van der Waals surface area contributed by atoms with Crippen LogP contribution in [0.5, 0.6) is 5.75 Å². The van der Waals surface area contributed by atoms with Gasteiger partial charge in [-0.2, -0.15) is 4.39 Å². The quantitative estimate of drug-likeness (QED) is 0.601. The third-order valence-corrected chi connectivity index (χ3v) is 3.30. The summed E-state index contributed by atoms with van der Waals surface area (Å²) >= 11 is 0. The summed E-state index contributed by atoms with van der Waals surface area (Å²) in [5.41, 5.74) is 3.60. The lowest BCUT2D eigenvalue weighted by atomic mass is 9.96. The van der Waals surface area contributed by atoms with Gasteiger partial charge in [0.15, 0.2) is 5.54 Å². The van der Waals surface area contributed by atoms with Gasteiger partial charge in [-0.3, -0.25) is 14.9 Å². The van der Waals surface area contributed by atoms with Crippen molar-refractivity contribution < 1.29 is 24.0 Å². The van der Waals surface area contributed by atoms with E-state index in [1.807, 2.05) is 0 Å². The van der Waals surface area contributed by atoms with Gasteiger partial charge in [-0.15, -0.1) is 0 Å². The summed E-state index contributed by atoms with van der Waals surface area (Å²) in [5, 5.41) is 19.6. The van der Waals surface area contributed by atoms with E-state index in [4.69, 9.17) is 15.6 Å². The molecular formula is C12H13FN2O5. The fourth-order valence-corrected chi connectivity index (χ4v) is 1.88. The molecule has 7 nitrogen and oxygen atoms in total. The molecule has 0 radical (unpaired) electrons. The zero-order valence-electron chi connectivity index (χ0n) is 10.4. The second-order valence-electron chi connectivity index (χ2n) is 4.78. The number of ether oxygens (including phenoxy) is 1. The molecule has 0 saturated heterocycles. The lowest BCUT2D eigenvalue weighted by Gasteiger charge is -2.24. The third-order valence-electron chi connectivity index (χ3n) is 3.30. The number of benzene rings is 1. The molecule has 8 heteroatoms. The van der Waals surface area contributed by atoms with Crippen molar-refractivity contribution in [2.24, 2.45) is 11.7 Å². The maximum Gasteiger partial charge on any atom is 0.327 e. The molecule has 1 aromatic rings. The van der Waals surface area contributed by atoms with Crippen molar-refractivity contribution in [3.05, 3.63) is 34.1 Å². The molecule has 1 aliphatic carbocycles. The first kappa shape index (κ1) is 14.2. The minimum Gasteiger partial charge on any atom is -0.491 e. The minimum atomic E-state index is -1.52. The number of nitro benzene ring substituents is 1. The number of carbonyl (C=O) groups is 1. The fourth-order valence-electron chi connectivity index (χ4n) is 1.88. The van der Waals surface area contributed by atoms with Gasteiger partial charge in [-0.25, -0.2) is 0 Å². The Kier molecular flexibility index (Phi) is 3.58. The number of nitrogens with zero attached hydrogens (tertiary/aromatic N) is 1. The number of aliphatic carboxylic acids is 1. The van der Waals surface area contributed by atoms with Gasteiger partial charge in [0.2, 0.25) is 5.82 Å². The van der Waals surface area contributed by atoms with E-state index in [2.05, 4.69) is 0 Å². The van der Waals surface area contributed by atoms with Crippen LogP contribution in [0.3, 0.4) is 0 Å². The summed E-state index contributed by atoms with van der Waals surface area (Å²) < 4.78 is 18.6. The lowest BCUT2D eigenvalue weighted by molar-refractivity contribution is -0.387. The lowest BCUT2D eigenvalue weighted by Crippen LogP contribution is -2.54. The molecule has 1 saturated carbocycles. The highest BCUT2D eigenvalue weighted by Gasteiger charge is 2.49. The highest BCUT2D eigenvalue weighted by atomic mass is 19.1. The molecular weight excluding hydrogens is 271 g/mol. The summed E-state index contributed by atoms with van der Waals surface area (Å²) in [5.74, 6) is -2.38. The van der Waals surface area contributed by atoms with Gasteiger partial charge in [0, 0.05) is 12.1 Å². The van der Waals surface area contributed by atoms with Crippen molar-refractivity contribution in [1.29, 1.82) is 0 Å². The Balaban J connectivity index is 2.09. The van der Waals surface area contributed by atoms with E-state index in [0.717, 1.165) is 12.1 Å². The number of nitrogens with two attached hydrogens (primary N) is 1. The molecule has 1 aromatic carbocycles. The van der Waals surface area contributed by atoms with Gasteiger partial charge < -0.3 is 15.6 Å². The van der Waals surface area contributed by atoms with Gasteiger partial charge >= 0.3 is 11.7 Å². The predicted molar refractivity (Wildman–Crippen MR) is 65.8 cm³/mol. The van der Waals surface area contributed by atoms with Gasteiger partial charge in [0.05, 0.1) is 4.92 Å². The highest BCUT2D eigenvalue weighted by Crippen LogP contribution is 2.39. The number of carboxylic acid groups (broad SMARTS) is 1. The Labute approximate surface area is 113 Å². The fraction of sp³-hybridized carbons (Fsp3) is 0.417. The molecule has 20 heavy (non-hydrogen) atoms.